The summed E-state index contributed by atoms with van der Waals surface area (Å²) in [4.78, 5) is 0. The molecule has 2 rings (SSSR count). The van der Waals surface area contributed by atoms with E-state index in [4.69, 9.17) is 9.47 Å². The highest BCUT2D eigenvalue weighted by Gasteiger charge is 2.31. The van der Waals surface area contributed by atoms with E-state index in [2.05, 4.69) is 24.4 Å². The Labute approximate surface area is 116 Å². The summed E-state index contributed by atoms with van der Waals surface area (Å²) in [6, 6.07) is 6.15. The van der Waals surface area contributed by atoms with Crippen molar-refractivity contribution >= 4 is 0 Å². The van der Waals surface area contributed by atoms with Crippen LogP contribution in [0.1, 0.15) is 32.8 Å². The van der Waals surface area contributed by atoms with Gasteiger partial charge in [0.2, 0.25) is 0 Å². The molecule has 2 unspecified atom stereocenters. The van der Waals surface area contributed by atoms with E-state index in [-0.39, 0.29) is 6.10 Å². The lowest BCUT2D eigenvalue weighted by Gasteiger charge is -2.14. The van der Waals surface area contributed by atoms with Crippen molar-refractivity contribution in [1.82, 2.24) is 5.32 Å². The number of hydrogen-bond acceptors (Lipinski definition) is 3. The minimum absolute atomic E-state index is 0.161. The number of rotatable bonds is 7. The molecule has 0 aromatic heterocycles. The molecule has 1 aromatic rings. The molecule has 0 saturated heterocycles. The van der Waals surface area contributed by atoms with Gasteiger partial charge in [-0.1, -0.05) is 13.0 Å². The third-order valence-electron chi connectivity index (χ3n) is 3.60. The highest BCUT2D eigenvalue weighted by molar-refractivity contribution is 5.43. The molecule has 0 spiro atoms. The van der Waals surface area contributed by atoms with Gasteiger partial charge in [-0.15, -0.1) is 0 Å². The van der Waals surface area contributed by atoms with Gasteiger partial charge < -0.3 is 14.8 Å². The standard InChI is InChI=1S/C16H25NO2/c1-11(2)19-15-6-5-13(8-16(15)18-4)9-17-10-14-7-12(14)3/h5-6,8,11-12,14,17H,7,9-10H2,1-4H3. The Balaban J connectivity index is 1.90. The zero-order chi connectivity index (χ0) is 13.8. The molecule has 3 nitrogen and oxygen atoms in total. The number of nitrogens with one attached hydrogen (secondary N) is 1. The summed E-state index contributed by atoms with van der Waals surface area (Å²) >= 11 is 0. The Hall–Kier alpha value is -1.22. The molecule has 1 N–H and O–H groups in total. The Morgan fingerprint density at radius 2 is 2.05 bits per heavy atom. The summed E-state index contributed by atoms with van der Waals surface area (Å²) in [7, 11) is 1.69. The van der Waals surface area contributed by atoms with E-state index in [1.54, 1.807) is 7.11 Å². The minimum atomic E-state index is 0.161. The summed E-state index contributed by atoms with van der Waals surface area (Å²) in [6.07, 6.45) is 1.53. The molecule has 3 heteroatoms. The highest BCUT2D eigenvalue weighted by Crippen LogP contribution is 2.36. The predicted octanol–water partition coefficient (Wildman–Crippen LogP) is 3.23. The Morgan fingerprint density at radius 3 is 2.63 bits per heavy atom. The van der Waals surface area contributed by atoms with Crippen molar-refractivity contribution in [2.75, 3.05) is 13.7 Å². The van der Waals surface area contributed by atoms with Crippen molar-refractivity contribution in [1.29, 1.82) is 0 Å². The van der Waals surface area contributed by atoms with Gasteiger partial charge >= 0.3 is 0 Å². The van der Waals surface area contributed by atoms with E-state index in [9.17, 15) is 0 Å². The van der Waals surface area contributed by atoms with Gasteiger partial charge in [-0.05, 0) is 56.3 Å². The van der Waals surface area contributed by atoms with Crippen LogP contribution in [-0.2, 0) is 6.54 Å². The van der Waals surface area contributed by atoms with Crippen LogP contribution in [0.2, 0.25) is 0 Å². The number of ether oxygens (including phenoxy) is 2. The van der Waals surface area contributed by atoms with Gasteiger partial charge in [0.1, 0.15) is 0 Å². The van der Waals surface area contributed by atoms with Gasteiger partial charge in [-0.2, -0.15) is 0 Å². The van der Waals surface area contributed by atoms with Crippen LogP contribution in [0.5, 0.6) is 11.5 Å². The van der Waals surface area contributed by atoms with Gasteiger partial charge in [0.05, 0.1) is 13.2 Å². The maximum absolute atomic E-state index is 5.71. The molecule has 1 aliphatic rings. The molecule has 1 aliphatic carbocycles. The zero-order valence-corrected chi connectivity index (χ0v) is 12.4. The fraction of sp³-hybridized carbons (Fsp3) is 0.625. The van der Waals surface area contributed by atoms with Gasteiger partial charge in [-0.3, -0.25) is 0 Å². The molecule has 2 atom stereocenters. The summed E-state index contributed by atoms with van der Waals surface area (Å²) in [5.41, 5.74) is 1.24. The van der Waals surface area contributed by atoms with E-state index in [1.807, 2.05) is 19.9 Å². The third-order valence-corrected chi connectivity index (χ3v) is 3.60. The number of benzene rings is 1. The first-order chi connectivity index (χ1) is 9.10. The van der Waals surface area contributed by atoms with Crippen LogP contribution in [-0.4, -0.2) is 19.8 Å². The topological polar surface area (TPSA) is 30.5 Å². The van der Waals surface area contributed by atoms with Crippen LogP contribution >= 0.6 is 0 Å². The largest absolute Gasteiger partial charge is 0.493 e. The first-order valence-electron chi connectivity index (χ1n) is 7.14. The molecule has 19 heavy (non-hydrogen) atoms. The summed E-state index contributed by atoms with van der Waals surface area (Å²) in [6.45, 7) is 8.36. The lowest BCUT2D eigenvalue weighted by Crippen LogP contribution is -2.17. The monoisotopic (exact) mass is 263 g/mol. The molecule has 1 aromatic carbocycles. The molecular weight excluding hydrogens is 238 g/mol. The molecule has 0 amide bonds. The summed E-state index contributed by atoms with van der Waals surface area (Å²) in [5, 5.41) is 3.51. The summed E-state index contributed by atoms with van der Waals surface area (Å²) < 4.78 is 11.1. The molecule has 1 saturated carbocycles. The van der Waals surface area contributed by atoms with Gasteiger partial charge in [0.15, 0.2) is 11.5 Å². The Bertz CT molecular complexity index is 417. The number of methoxy groups -OCH3 is 1. The second-order valence-corrected chi connectivity index (χ2v) is 5.76. The van der Waals surface area contributed by atoms with Gasteiger partial charge in [0, 0.05) is 6.54 Å². The molecule has 0 radical (unpaired) electrons. The average Bonchev–Trinajstić information content (AvgIpc) is 3.06. The van der Waals surface area contributed by atoms with Gasteiger partial charge in [-0.25, -0.2) is 0 Å². The predicted molar refractivity (Wildman–Crippen MR) is 77.7 cm³/mol. The maximum atomic E-state index is 5.71. The second-order valence-electron chi connectivity index (χ2n) is 5.76. The second kappa shape index (κ2) is 6.29. The van der Waals surface area contributed by atoms with Crippen molar-refractivity contribution in [3.63, 3.8) is 0 Å². The smallest absolute Gasteiger partial charge is 0.161 e. The third kappa shape index (κ3) is 4.13. The van der Waals surface area contributed by atoms with E-state index in [0.717, 1.165) is 36.4 Å². The van der Waals surface area contributed by atoms with Crippen molar-refractivity contribution in [2.24, 2.45) is 11.8 Å². The quantitative estimate of drug-likeness (QED) is 0.819. The van der Waals surface area contributed by atoms with Crippen molar-refractivity contribution in [3.8, 4) is 11.5 Å². The van der Waals surface area contributed by atoms with Crippen molar-refractivity contribution < 1.29 is 9.47 Å². The molecular formula is C16H25NO2. The van der Waals surface area contributed by atoms with Crippen LogP contribution in [0, 0.1) is 11.8 Å². The first-order valence-corrected chi connectivity index (χ1v) is 7.14. The fourth-order valence-corrected chi connectivity index (χ4v) is 2.26. The average molecular weight is 263 g/mol. The van der Waals surface area contributed by atoms with Crippen LogP contribution in [0.3, 0.4) is 0 Å². The molecule has 0 heterocycles. The molecule has 0 bridgehead atoms. The van der Waals surface area contributed by atoms with Crippen molar-refractivity contribution in [3.05, 3.63) is 23.8 Å². The lowest BCUT2D eigenvalue weighted by atomic mass is 10.2. The van der Waals surface area contributed by atoms with E-state index in [1.165, 1.54) is 12.0 Å². The van der Waals surface area contributed by atoms with Crippen LogP contribution < -0.4 is 14.8 Å². The van der Waals surface area contributed by atoms with Crippen LogP contribution in [0.25, 0.3) is 0 Å². The minimum Gasteiger partial charge on any atom is -0.493 e. The van der Waals surface area contributed by atoms with Crippen molar-refractivity contribution in [2.45, 2.75) is 39.8 Å². The fourth-order valence-electron chi connectivity index (χ4n) is 2.26. The SMILES string of the molecule is COc1cc(CNCC2CC2C)ccc1OC(C)C. The maximum Gasteiger partial charge on any atom is 0.161 e. The van der Waals surface area contributed by atoms with Crippen LogP contribution in [0.15, 0.2) is 18.2 Å². The van der Waals surface area contributed by atoms with Gasteiger partial charge in [0.25, 0.3) is 0 Å². The van der Waals surface area contributed by atoms with E-state index < -0.39 is 0 Å². The zero-order valence-electron chi connectivity index (χ0n) is 12.4. The molecule has 0 aliphatic heterocycles. The lowest BCUT2D eigenvalue weighted by molar-refractivity contribution is 0.230. The Kier molecular flexibility index (Phi) is 4.70. The number of hydrogen-bond donors (Lipinski definition) is 1. The first kappa shape index (κ1) is 14.2. The van der Waals surface area contributed by atoms with E-state index >= 15 is 0 Å². The highest BCUT2D eigenvalue weighted by atomic mass is 16.5. The Morgan fingerprint density at radius 1 is 1.32 bits per heavy atom. The van der Waals surface area contributed by atoms with E-state index in [0.29, 0.717) is 0 Å². The van der Waals surface area contributed by atoms with Crippen LogP contribution in [0.4, 0.5) is 0 Å². The molecule has 106 valence electrons. The normalized spacial score (nSPS) is 21.5. The molecule has 1 fully saturated rings. The summed E-state index contributed by atoms with van der Waals surface area (Å²) in [5.74, 6) is 3.42.